The van der Waals surface area contributed by atoms with Crippen molar-refractivity contribution >= 4 is 7.28 Å². The van der Waals surface area contributed by atoms with Crippen molar-refractivity contribution in [3.63, 3.8) is 0 Å². The summed E-state index contributed by atoms with van der Waals surface area (Å²) in [5, 5.41) is 2.69. The molecule has 0 radical (unpaired) electrons. The first-order valence-electron chi connectivity index (χ1n) is 4.80. The smallest absolute Gasteiger partial charge is 0.129 e. The highest BCUT2D eigenvalue weighted by molar-refractivity contribution is 6.44. The fraction of sp³-hybridized carbons (Fsp3) is 1.00. The first-order chi connectivity index (χ1) is 5.31. The van der Waals surface area contributed by atoms with Gasteiger partial charge in [0.2, 0.25) is 0 Å². The van der Waals surface area contributed by atoms with Gasteiger partial charge in [0.15, 0.2) is 0 Å². The highest BCUT2D eigenvalue weighted by atomic mass is 15.4. The lowest BCUT2D eigenvalue weighted by atomic mass is 9.36. The van der Waals surface area contributed by atoms with Crippen LogP contribution in [-0.2, 0) is 0 Å². The van der Waals surface area contributed by atoms with Gasteiger partial charge in [0.1, 0.15) is 7.28 Å². The van der Waals surface area contributed by atoms with Crippen LogP contribution in [0.1, 0.15) is 25.7 Å². The minimum Gasteiger partial charge on any atom is -0.269 e. The van der Waals surface area contributed by atoms with Gasteiger partial charge in [-0.3, -0.25) is 5.84 Å². The molecule has 2 aliphatic heterocycles. The largest absolute Gasteiger partial charge is 0.269 e. The van der Waals surface area contributed by atoms with Crippen molar-refractivity contribution < 1.29 is 0 Å². The van der Waals surface area contributed by atoms with Gasteiger partial charge in [-0.15, -0.1) is 0 Å². The zero-order valence-corrected chi connectivity index (χ0v) is 7.18. The molecule has 0 bridgehead atoms. The van der Waals surface area contributed by atoms with Gasteiger partial charge in [-0.2, -0.15) is 0 Å². The Morgan fingerprint density at radius 2 is 2.09 bits per heavy atom. The first kappa shape index (κ1) is 7.62. The second-order valence-corrected chi connectivity index (χ2v) is 4.28. The van der Waals surface area contributed by atoms with Crippen molar-refractivity contribution in [1.82, 2.24) is 5.01 Å². The molecule has 0 aromatic rings. The standard InChI is InChI=1S/C8H17BN2/c10-11-6-2-1-3-8(7-11)4-5-9-8/h9H,1-7,10H2. The van der Waals surface area contributed by atoms with Crippen molar-refractivity contribution in [2.75, 3.05) is 13.1 Å². The van der Waals surface area contributed by atoms with E-state index in [1.54, 1.807) is 0 Å². The topological polar surface area (TPSA) is 29.3 Å². The van der Waals surface area contributed by atoms with Crippen LogP contribution in [0.15, 0.2) is 0 Å². The number of hydrogen-bond donors (Lipinski definition) is 1. The van der Waals surface area contributed by atoms with Crippen molar-refractivity contribution in [2.24, 2.45) is 5.84 Å². The lowest BCUT2D eigenvalue weighted by Crippen LogP contribution is -2.43. The maximum absolute atomic E-state index is 5.85. The summed E-state index contributed by atoms with van der Waals surface area (Å²) in [5.41, 5.74) is 0. The van der Waals surface area contributed by atoms with E-state index in [0.29, 0.717) is 5.31 Å². The van der Waals surface area contributed by atoms with Gasteiger partial charge in [-0.1, -0.05) is 25.6 Å². The third kappa shape index (κ3) is 1.45. The predicted molar refractivity (Wildman–Crippen MR) is 48.9 cm³/mol. The predicted octanol–water partition coefficient (Wildman–Crippen LogP) is 0.763. The third-order valence-corrected chi connectivity index (χ3v) is 3.36. The number of nitrogens with zero attached hydrogens (tertiary/aromatic N) is 1. The number of nitrogens with two attached hydrogens (primary N) is 1. The Hall–Kier alpha value is -0.0151. The van der Waals surface area contributed by atoms with Gasteiger partial charge in [0.25, 0.3) is 0 Å². The van der Waals surface area contributed by atoms with Crippen molar-refractivity contribution in [3.05, 3.63) is 0 Å². The molecule has 0 aromatic heterocycles. The molecule has 2 heterocycles. The van der Waals surface area contributed by atoms with E-state index < -0.39 is 0 Å². The summed E-state index contributed by atoms with van der Waals surface area (Å²) in [6.45, 7) is 2.27. The van der Waals surface area contributed by atoms with E-state index in [-0.39, 0.29) is 0 Å². The minimum atomic E-state index is 0.658. The second-order valence-electron chi connectivity index (χ2n) is 4.28. The zero-order chi connectivity index (χ0) is 7.73. The summed E-state index contributed by atoms with van der Waals surface area (Å²) in [6, 6.07) is 0. The molecule has 0 amide bonds. The Morgan fingerprint density at radius 1 is 1.27 bits per heavy atom. The zero-order valence-electron chi connectivity index (χ0n) is 7.18. The van der Waals surface area contributed by atoms with E-state index in [1.165, 1.54) is 39.3 Å². The fourth-order valence-corrected chi connectivity index (χ4v) is 2.49. The molecule has 1 spiro atoms. The molecule has 0 aromatic carbocycles. The van der Waals surface area contributed by atoms with E-state index in [4.69, 9.17) is 5.84 Å². The molecule has 2 fully saturated rings. The highest BCUT2D eigenvalue weighted by Crippen LogP contribution is 2.47. The van der Waals surface area contributed by atoms with E-state index in [0.717, 1.165) is 13.1 Å². The van der Waals surface area contributed by atoms with Crippen LogP contribution < -0.4 is 5.84 Å². The van der Waals surface area contributed by atoms with Crippen LogP contribution in [0, 0.1) is 0 Å². The Balaban J connectivity index is 1.97. The van der Waals surface area contributed by atoms with Crippen molar-refractivity contribution in [1.29, 1.82) is 0 Å². The first-order valence-corrected chi connectivity index (χ1v) is 4.80. The third-order valence-electron chi connectivity index (χ3n) is 3.36. The summed E-state index contributed by atoms with van der Waals surface area (Å²) in [4.78, 5) is 0. The lowest BCUT2D eigenvalue weighted by molar-refractivity contribution is 0.250. The number of hydrogen-bond acceptors (Lipinski definition) is 2. The quantitative estimate of drug-likeness (QED) is 0.410. The SMILES string of the molecule is NN1CCCCC2(BCC2)C1. The van der Waals surface area contributed by atoms with Crippen molar-refractivity contribution in [3.8, 4) is 0 Å². The molecule has 3 heteroatoms. The molecule has 0 saturated carbocycles. The summed E-state index contributed by atoms with van der Waals surface area (Å²) in [6.07, 6.45) is 7.00. The average Bonchev–Trinajstić information content (AvgIpc) is 2.09. The van der Waals surface area contributed by atoms with Crippen molar-refractivity contribution in [2.45, 2.75) is 37.3 Å². The Labute approximate surface area is 69.3 Å². The maximum Gasteiger partial charge on any atom is 0.129 e. The van der Waals surface area contributed by atoms with Crippen LogP contribution in [0.25, 0.3) is 0 Å². The summed E-state index contributed by atoms with van der Waals surface area (Å²) in [7, 11) is 1.43. The van der Waals surface area contributed by atoms with Gasteiger partial charge in [-0.25, -0.2) is 5.01 Å². The van der Waals surface area contributed by atoms with E-state index in [1.807, 2.05) is 5.01 Å². The molecular weight excluding hydrogens is 135 g/mol. The van der Waals surface area contributed by atoms with E-state index >= 15 is 0 Å². The van der Waals surface area contributed by atoms with Gasteiger partial charge < -0.3 is 0 Å². The summed E-state index contributed by atoms with van der Waals surface area (Å²) < 4.78 is 0. The molecule has 11 heavy (non-hydrogen) atoms. The minimum absolute atomic E-state index is 0.658. The molecule has 0 aliphatic carbocycles. The Bertz CT molecular complexity index is 145. The van der Waals surface area contributed by atoms with Crippen LogP contribution >= 0.6 is 0 Å². The second kappa shape index (κ2) is 2.79. The van der Waals surface area contributed by atoms with Crippen LogP contribution in [-0.4, -0.2) is 25.4 Å². The highest BCUT2D eigenvalue weighted by Gasteiger charge is 2.39. The van der Waals surface area contributed by atoms with E-state index in [2.05, 4.69) is 0 Å². The van der Waals surface area contributed by atoms with Gasteiger partial charge in [0.05, 0.1) is 0 Å². The summed E-state index contributed by atoms with van der Waals surface area (Å²) >= 11 is 0. The molecule has 1 unspecified atom stereocenters. The molecule has 2 nitrogen and oxygen atoms in total. The molecule has 2 rings (SSSR count). The summed E-state index contributed by atoms with van der Waals surface area (Å²) in [5.74, 6) is 5.85. The average molecular weight is 152 g/mol. The van der Waals surface area contributed by atoms with Gasteiger partial charge in [-0.05, 0) is 11.7 Å². The van der Waals surface area contributed by atoms with Crippen LogP contribution in [0.2, 0.25) is 11.6 Å². The molecule has 2 saturated heterocycles. The van der Waals surface area contributed by atoms with E-state index in [9.17, 15) is 0 Å². The lowest BCUT2D eigenvalue weighted by Gasteiger charge is -2.42. The Kier molecular flexibility index (Phi) is 1.94. The normalized spacial score (nSPS) is 39.4. The molecule has 62 valence electrons. The van der Waals surface area contributed by atoms with Crippen LogP contribution in [0.5, 0.6) is 0 Å². The monoisotopic (exact) mass is 152 g/mol. The van der Waals surface area contributed by atoms with Gasteiger partial charge >= 0.3 is 0 Å². The van der Waals surface area contributed by atoms with Crippen LogP contribution in [0.3, 0.4) is 0 Å². The Morgan fingerprint density at radius 3 is 2.73 bits per heavy atom. The molecular formula is C8H17BN2. The number of hydrazine groups is 1. The molecule has 2 N–H and O–H groups in total. The molecule has 1 atom stereocenters. The van der Waals surface area contributed by atoms with Gasteiger partial charge in [0, 0.05) is 13.1 Å². The molecule has 2 aliphatic rings. The van der Waals surface area contributed by atoms with Crippen LogP contribution in [0.4, 0.5) is 0 Å². The fourth-order valence-electron chi connectivity index (χ4n) is 2.49. The number of rotatable bonds is 0. The maximum atomic E-state index is 5.85.